The Labute approximate surface area is 187 Å². The molecule has 0 rings (SSSR count). The molecule has 0 radical (unpaired) electrons. The van der Waals surface area contributed by atoms with Crippen molar-refractivity contribution in [3.05, 3.63) is 0 Å². The average molecular weight is 446 g/mol. The fraction of sp³-hybridized carbons (Fsp3) is 0.870. The maximum absolute atomic E-state index is 11.7. The maximum Gasteiger partial charge on any atom is 0.220 e. The molecule has 1 amide bonds. The number of ketones is 2. The third kappa shape index (κ3) is 20.3. The largest absolute Gasteiger partial charge is 0.379 e. The quantitative estimate of drug-likeness (QED) is 0.271. The molecule has 31 heavy (non-hydrogen) atoms. The minimum absolute atomic E-state index is 0.0231. The Hall–Kier alpha value is -1.35. The summed E-state index contributed by atoms with van der Waals surface area (Å²) in [5, 5.41) is 2.81. The zero-order valence-electron chi connectivity index (χ0n) is 20.0. The molecule has 0 fully saturated rings. The summed E-state index contributed by atoms with van der Waals surface area (Å²) in [5.74, 6) is 0.147. The van der Waals surface area contributed by atoms with Gasteiger partial charge in [0, 0.05) is 31.4 Å². The number of hydrogen-bond donors (Lipinski definition) is 1. The number of carbonyl (C=O) groups excluding carboxylic acids is 3. The molecule has 0 aromatic carbocycles. The molecule has 8 nitrogen and oxygen atoms in total. The molecule has 0 saturated carbocycles. The summed E-state index contributed by atoms with van der Waals surface area (Å²) in [6, 6.07) is 0. The standard InChI is InChI=1S/C23H43NO7/c1-5-6-7-10-22(27)24-11-13-29-15-16-30-18-20(25)9-8-12-28-14-17-31-19-21(26)23(2,3)4/h5-19H2,1-4H3,(H,24,27). The van der Waals surface area contributed by atoms with Crippen molar-refractivity contribution in [2.75, 3.05) is 59.4 Å². The highest BCUT2D eigenvalue weighted by Gasteiger charge is 2.20. The van der Waals surface area contributed by atoms with Gasteiger partial charge < -0.3 is 24.3 Å². The number of nitrogens with one attached hydrogen (secondary N) is 1. The number of Topliss-reactive ketones (excluding diaryl/α,β-unsaturated/α-hetero) is 2. The van der Waals surface area contributed by atoms with Gasteiger partial charge >= 0.3 is 0 Å². The van der Waals surface area contributed by atoms with Crippen LogP contribution in [0.1, 0.15) is 66.2 Å². The summed E-state index contributed by atoms with van der Waals surface area (Å²) in [7, 11) is 0. The van der Waals surface area contributed by atoms with Gasteiger partial charge in [-0.25, -0.2) is 0 Å². The molecule has 8 heteroatoms. The Morgan fingerprint density at radius 3 is 1.97 bits per heavy atom. The van der Waals surface area contributed by atoms with Crippen LogP contribution >= 0.6 is 0 Å². The highest BCUT2D eigenvalue weighted by Crippen LogP contribution is 2.14. The Morgan fingerprint density at radius 2 is 1.32 bits per heavy atom. The molecule has 182 valence electrons. The topological polar surface area (TPSA) is 100 Å². The number of ether oxygens (including phenoxy) is 4. The Balaban J connectivity index is 3.35. The molecular weight excluding hydrogens is 402 g/mol. The second kappa shape index (κ2) is 19.3. The van der Waals surface area contributed by atoms with Gasteiger partial charge in [-0.3, -0.25) is 14.4 Å². The molecule has 0 atom stereocenters. The van der Waals surface area contributed by atoms with Crippen molar-refractivity contribution < 1.29 is 33.3 Å². The molecule has 0 heterocycles. The maximum atomic E-state index is 11.7. The van der Waals surface area contributed by atoms with Crippen LogP contribution in [-0.2, 0) is 33.3 Å². The fourth-order valence-electron chi connectivity index (χ4n) is 2.34. The van der Waals surface area contributed by atoms with E-state index >= 15 is 0 Å². The number of hydrogen-bond acceptors (Lipinski definition) is 7. The highest BCUT2D eigenvalue weighted by molar-refractivity contribution is 5.84. The summed E-state index contributed by atoms with van der Waals surface area (Å²) in [4.78, 5) is 34.9. The monoisotopic (exact) mass is 445 g/mol. The van der Waals surface area contributed by atoms with Gasteiger partial charge in [0.1, 0.15) is 13.2 Å². The van der Waals surface area contributed by atoms with E-state index in [9.17, 15) is 14.4 Å². The van der Waals surface area contributed by atoms with Crippen molar-refractivity contribution in [1.29, 1.82) is 0 Å². The van der Waals surface area contributed by atoms with Gasteiger partial charge in [0.25, 0.3) is 0 Å². The normalized spacial score (nSPS) is 11.5. The van der Waals surface area contributed by atoms with E-state index in [2.05, 4.69) is 12.2 Å². The summed E-state index contributed by atoms with van der Waals surface area (Å²) in [6.07, 6.45) is 4.68. The Morgan fingerprint density at radius 1 is 0.710 bits per heavy atom. The van der Waals surface area contributed by atoms with Crippen molar-refractivity contribution in [2.24, 2.45) is 5.41 Å². The van der Waals surface area contributed by atoms with Gasteiger partial charge in [0.15, 0.2) is 11.6 Å². The van der Waals surface area contributed by atoms with Crippen molar-refractivity contribution in [3.8, 4) is 0 Å². The van der Waals surface area contributed by atoms with E-state index in [1.165, 1.54) is 0 Å². The minimum atomic E-state index is -0.388. The van der Waals surface area contributed by atoms with Crippen LogP contribution in [-0.4, -0.2) is 76.9 Å². The number of amides is 1. The van der Waals surface area contributed by atoms with Gasteiger partial charge in [-0.1, -0.05) is 40.5 Å². The van der Waals surface area contributed by atoms with E-state index in [1.54, 1.807) is 0 Å². The van der Waals surface area contributed by atoms with Crippen LogP contribution in [0.15, 0.2) is 0 Å². The molecule has 0 spiro atoms. The van der Waals surface area contributed by atoms with Gasteiger partial charge in [-0.05, 0) is 12.8 Å². The van der Waals surface area contributed by atoms with E-state index in [1.807, 2.05) is 20.8 Å². The first-order valence-electron chi connectivity index (χ1n) is 11.4. The molecule has 0 unspecified atom stereocenters. The predicted molar refractivity (Wildman–Crippen MR) is 119 cm³/mol. The molecule has 0 saturated heterocycles. The van der Waals surface area contributed by atoms with Gasteiger partial charge in [-0.2, -0.15) is 0 Å². The Bertz CT molecular complexity index is 489. The van der Waals surface area contributed by atoms with Gasteiger partial charge in [0.2, 0.25) is 5.91 Å². The molecule has 0 bridgehead atoms. The lowest BCUT2D eigenvalue weighted by molar-refractivity contribution is -0.131. The summed E-state index contributed by atoms with van der Waals surface area (Å²) < 4.78 is 21.3. The lowest BCUT2D eigenvalue weighted by Crippen LogP contribution is -2.27. The first kappa shape index (κ1) is 29.7. The number of rotatable bonds is 21. The van der Waals surface area contributed by atoms with Gasteiger partial charge in [0.05, 0.1) is 33.0 Å². The Kier molecular flexibility index (Phi) is 18.5. The SMILES string of the molecule is CCCCCC(=O)NCCOCCOCC(=O)CCCOCCOCC(=O)C(C)(C)C. The van der Waals surface area contributed by atoms with Crippen LogP contribution in [0.2, 0.25) is 0 Å². The summed E-state index contributed by atoms with van der Waals surface area (Å²) >= 11 is 0. The van der Waals surface area contributed by atoms with E-state index < -0.39 is 0 Å². The molecule has 0 aliphatic rings. The smallest absolute Gasteiger partial charge is 0.220 e. The van der Waals surface area contributed by atoms with Crippen LogP contribution in [0, 0.1) is 5.41 Å². The molecule has 0 aromatic heterocycles. The number of unbranched alkanes of at least 4 members (excludes halogenated alkanes) is 2. The fourth-order valence-corrected chi connectivity index (χ4v) is 2.34. The van der Waals surface area contributed by atoms with Crippen LogP contribution in [0.5, 0.6) is 0 Å². The predicted octanol–water partition coefficient (Wildman–Crippen LogP) is 2.71. The van der Waals surface area contributed by atoms with Gasteiger partial charge in [-0.15, -0.1) is 0 Å². The van der Waals surface area contributed by atoms with E-state index in [4.69, 9.17) is 18.9 Å². The minimum Gasteiger partial charge on any atom is -0.379 e. The van der Waals surface area contributed by atoms with E-state index in [0.717, 1.165) is 19.3 Å². The molecular formula is C23H43NO7. The van der Waals surface area contributed by atoms with Crippen molar-refractivity contribution in [2.45, 2.75) is 66.2 Å². The number of carbonyl (C=O) groups is 3. The van der Waals surface area contributed by atoms with Crippen LogP contribution in [0.25, 0.3) is 0 Å². The second-order valence-electron chi connectivity index (χ2n) is 8.45. The molecule has 0 aliphatic carbocycles. The van der Waals surface area contributed by atoms with Crippen LogP contribution in [0.3, 0.4) is 0 Å². The molecule has 0 aromatic rings. The van der Waals surface area contributed by atoms with Crippen molar-refractivity contribution >= 4 is 17.5 Å². The summed E-state index contributed by atoms with van der Waals surface area (Å²) in [6.45, 7) is 10.7. The molecule has 0 aliphatic heterocycles. The zero-order valence-corrected chi connectivity index (χ0v) is 20.0. The molecule has 1 N–H and O–H groups in total. The van der Waals surface area contributed by atoms with Crippen molar-refractivity contribution in [1.82, 2.24) is 5.32 Å². The summed E-state index contributed by atoms with van der Waals surface area (Å²) in [5.41, 5.74) is -0.388. The van der Waals surface area contributed by atoms with Crippen LogP contribution in [0.4, 0.5) is 0 Å². The van der Waals surface area contributed by atoms with E-state index in [0.29, 0.717) is 65.4 Å². The highest BCUT2D eigenvalue weighted by atomic mass is 16.5. The first-order chi connectivity index (χ1) is 14.8. The van der Waals surface area contributed by atoms with Crippen LogP contribution < -0.4 is 5.32 Å². The van der Waals surface area contributed by atoms with E-state index in [-0.39, 0.29) is 36.1 Å². The third-order valence-corrected chi connectivity index (χ3v) is 4.40. The zero-order chi connectivity index (χ0) is 23.4. The van der Waals surface area contributed by atoms with Crippen molar-refractivity contribution in [3.63, 3.8) is 0 Å². The average Bonchev–Trinajstić information content (AvgIpc) is 2.71. The third-order valence-electron chi connectivity index (χ3n) is 4.40. The second-order valence-corrected chi connectivity index (χ2v) is 8.45. The lowest BCUT2D eigenvalue weighted by atomic mass is 9.91. The first-order valence-corrected chi connectivity index (χ1v) is 11.4. The lowest BCUT2D eigenvalue weighted by Gasteiger charge is -2.16.